The summed E-state index contributed by atoms with van der Waals surface area (Å²) in [5.74, 6) is 8.72. The zero-order valence-corrected chi connectivity index (χ0v) is 42.7. The molecule has 2 nitrogen and oxygen atoms in total. The van der Waals surface area contributed by atoms with E-state index in [4.69, 9.17) is 0 Å². The Kier molecular flexibility index (Phi) is 14.6. The highest BCUT2D eigenvalue weighted by Crippen LogP contribution is 2.71. The van der Waals surface area contributed by atoms with Gasteiger partial charge in [-0.05, 0) is 132 Å². The Morgan fingerprint density at radius 1 is 0.537 bits per heavy atom. The topological polar surface area (TPSA) is 20.3 Å². The highest BCUT2D eigenvalue weighted by molar-refractivity contribution is 6.08. The Labute approximate surface area is 407 Å². The maximum atomic E-state index is 15.1. The average molecular weight is 894 g/mol. The first kappa shape index (κ1) is 47.9. The van der Waals surface area contributed by atoms with Crippen molar-refractivity contribution in [1.82, 2.24) is 4.90 Å². The number of ketones is 1. The van der Waals surface area contributed by atoms with Crippen LogP contribution >= 0.6 is 0 Å². The normalized spacial score (nSPS) is 22.4. The van der Waals surface area contributed by atoms with Crippen LogP contribution in [0.1, 0.15) is 222 Å². The lowest BCUT2D eigenvalue weighted by atomic mass is 9.63. The molecule has 0 radical (unpaired) electrons. The minimum atomic E-state index is -0.483. The van der Waals surface area contributed by atoms with Crippen LogP contribution in [0.4, 0.5) is 0 Å². The van der Waals surface area contributed by atoms with Gasteiger partial charge in [-0.3, -0.25) is 9.69 Å². The molecule has 0 unspecified atom stereocenters. The summed E-state index contributed by atoms with van der Waals surface area (Å²) in [5, 5.41) is 0. The molecule has 0 amide bonds. The van der Waals surface area contributed by atoms with Crippen LogP contribution in [0.15, 0.2) is 90.5 Å². The fourth-order valence-electron chi connectivity index (χ4n) is 15.1. The van der Waals surface area contributed by atoms with E-state index in [2.05, 4.69) is 143 Å². The van der Waals surface area contributed by atoms with Crippen LogP contribution in [-0.2, 0) is 15.6 Å². The molecule has 0 spiro atoms. The van der Waals surface area contributed by atoms with Crippen molar-refractivity contribution >= 4 is 11.4 Å². The van der Waals surface area contributed by atoms with Crippen LogP contribution in [0, 0.1) is 23.2 Å². The van der Waals surface area contributed by atoms with E-state index >= 15 is 4.79 Å². The number of nitrogens with zero attached hydrogens (tertiary/aromatic N) is 1. The van der Waals surface area contributed by atoms with Crippen LogP contribution in [0.25, 0.3) is 27.8 Å². The Balaban J connectivity index is 1.21. The number of benzene rings is 4. The van der Waals surface area contributed by atoms with E-state index in [0.717, 1.165) is 24.8 Å². The molecule has 0 N–H and O–H groups in total. The number of fused-ring (bicyclic) bond motifs is 6. The predicted molar refractivity (Wildman–Crippen MR) is 285 cm³/mol. The second kappa shape index (κ2) is 20.4. The molecule has 3 atom stereocenters. The van der Waals surface area contributed by atoms with Gasteiger partial charge in [0.15, 0.2) is 0 Å². The molecule has 5 aliphatic rings. The summed E-state index contributed by atoms with van der Waals surface area (Å²) in [4.78, 5) is 17.5. The third-order valence-corrected chi connectivity index (χ3v) is 18.3. The molecule has 4 aromatic rings. The van der Waals surface area contributed by atoms with Gasteiger partial charge in [0.25, 0.3) is 0 Å². The quantitative estimate of drug-likeness (QED) is 0.0579. The second-order valence-electron chi connectivity index (χ2n) is 22.2. The lowest BCUT2D eigenvalue weighted by Gasteiger charge is -2.42. The number of allylic oxidation sites excluding steroid dienone is 1. The molecular formula is C65H83NO. The Morgan fingerprint density at radius 2 is 1.03 bits per heavy atom. The van der Waals surface area contributed by atoms with E-state index in [1.54, 1.807) is 5.56 Å². The number of carbonyl (C=O) groups excluding carboxylic acids is 1. The summed E-state index contributed by atoms with van der Waals surface area (Å²) in [7, 11) is 4.50. The van der Waals surface area contributed by atoms with E-state index in [-0.39, 0.29) is 16.7 Å². The van der Waals surface area contributed by atoms with Crippen molar-refractivity contribution in [3.63, 3.8) is 0 Å². The zero-order chi connectivity index (χ0) is 46.7. The Bertz CT molecular complexity index is 2480. The van der Waals surface area contributed by atoms with Crippen molar-refractivity contribution in [2.75, 3.05) is 14.1 Å². The molecule has 4 aromatic carbocycles. The smallest absolute Gasteiger partial charge is 0.146 e. The molecule has 2 saturated carbocycles. The number of hydrogen-bond donors (Lipinski definition) is 0. The average Bonchev–Trinajstić information content (AvgIpc) is 3.98. The first-order valence-corrected chi connectivity index (χ1v) is 27.7. The minimum absolute atomic E-state index is 0.0120. The van der Waals surface area contributed by atoms with Crippen molar-refractivity contribution in [2.45, 2.75) is 205 Å². The summed E-state index contributed by atoms with van der Waals surface area (Å²) >= 11 is 0. The SMILES string of the molecule is CCCCCCC1(CCCCCC)c2ccccc2-c2ccc(C#CC3=C(c4ccc5c(c4)C(CCCCCC)(CCCCCC)c4ccccc4-5)[C@]45CCCC[C@H]4[C@@]3(N(C)C)CC5=O)cc21. The maximum absolute atomic E-state index is 15.1. The van der Waals surface area contributed by atoms with E-state index in [0.29, 0.717) is 12.2 Å². The number of Topliss-reactive ketones (excluding diaryl/α,β-unsaturated/α-hetero) is 1. The van der Waals surface area contributed by atoms with Crippen LogP contribution in [0.3, 0.4) is 0 Å². The van der Waals surface area contributed by atoms with Gasteiger partial charge < -0.3 is 0 Å². The number of likely N-dealkylation sites (N-methyl/N-ethyl adjacent to an activating group) is 1. The fourth-order valence-corrected chi connectivity index (χ4v) is 15.1. The maximum Gasteiger partial charge on any atom is 0.146 e. The second-order valence-corrected chi connectivity index (χ2v) is 22.2. The predicted octanol–water partition coefficient (Wildman–Crippen LogP) is 17.4. The van der Waals surface area contributed by atoms with E-state index < -0.39 is 11.0 Å². The number of unbranched alkanes of at least 4 members (excludes halogenated alkanes) is 12. The fraction of sp³-hybridized carbons (Fsp3) is 0.554. The Hall–Kier alpha value is -4.19. The molecule has 0 aromatic heterocycles. The largest absolute Gasteiger partial charge is 0.299 e. The summed E-state index contributed by atoms with van der Waals surface area (Å²) in [6, 6.07) is 33.5. The van der Waals surface area contributed by atoms with Crippen molar-refractivity contribution in [2.24, 2.45) is 11.3 Å². The van der Waals surface area contributed by atoms with Gasteiger partial charge >= 0.3 is 0 Å². The molecule has 67 heavy (non-hydrogen) atoms. The number of rotatable bonds is 22. The molecule has 2 bridgehead atoms. The van der Waals surface area contributed by atoms with Gasteiger partial charge in [0.2, 0.25) is 0 Å². The van der Waals surface area contributed by atoms with Crippen molar-refractivity contribution < 1.29 is 4.79 Å². The van der Waals surface area contributed by atoms with Gasteiger partial charge in [0, 0.05) is 28.4 Å². The van der Waals surface area contributed by atoms with Gasteiger partial charge in [0.1, 0.15) is 5.78 Å². The number of hydrogen-bond acceptors (Lipinski definition) is 2. The molecule has 0 heterocycles. The Morgan fingerprint density at radius 3 is 1.55 bits per heavy atom. The first-order valence-electron chi connectivity index (χ1n) is 27.7. The summed E-state index contributed by atoms with van der Waals surface area (Å²) in [6.07, 6.45) is 30.1. The third kappa shape index (κ3) is 8.04. The summed E-state index contributed by atoms with van der Waals surface area (Å²) < 4.78 is 0. The van der Waals surface area contributed by atoms with Gasteiger partial charge in [-0.25, -0.2) is 0 Å². The van der Waals surface area contributed by atoms with E-state index in [9.17, 15) is 0 Å². The summed E-state index contributed by atoms with van der Waals surface area (Å²) in [6.45, 7) is 9.32. The van der Waals surface area contributed by atoms with Crippen LogP contribution in [0.5, 0.6) is 0 Å². The van der Waals surface area contributed by atoms with Gasteiger partial charge in [-0.2, -0.15) is 0 Å². The van der Waals surface area contributed by atoms with Crippen molar-refractivity contribution in [3.8, 4) is 34.1 Å². The highest BCUT2D eigenvalue weighted by Gasteiger charge is 2.71. The van der Waals surface area contributed by atoms with E-state index in [1.807, 2.05) is 0 Å². The lowest BCUT2D eigenvalue weighted by molar-refractivity contribution is -0.125. The molecule has 0 aliphatic heterocycles. The van der Waals surface area contributed by atoms with Gasteiger partial charge in [-0.15, -0.1) is 0 Å². The van der Waals surface area contributed by atoms with Gasteiger partial charge in [-0.1, -0.05) is 222 Å². The third-order valence-electron chi connectivity index (χ3n) is 18.3. The van der Waals surface area contributed by atoms with Crippen molar-refractivity contribution in [1.29, 1.82) is 0 Å². The van der Waals surface area contributed by atoms with E-state index in [1.165, 1.54) is 190 Å². The first-order chi connectivity index (χ1) is 32.8. The molecule has 5 aliphatic carbocycles. The van der Waals surface area contributed by atoms with Crippen molar-refractivity contribution in [3.05, 3.63) is 124 Å². The van der Waals surface area contributed by atoms with Crippen LogP contribution in [0.2, 0.25) is 0 Å². The van der Waals surface area contributed by atoms with Crippen LogP contribution < -0.4 is 0 Å². The molecule has 354 valence electrons. The van der Waals surface area contributed by atoms with Crippen LogP contribution in [-0.4, -0.2) is 30.3 Å². The van der Waals surface area contributed by atoms with Gasteiger partial charge in [0.05, 0.1) is 11.0 Å². The molecule has 9 rings (SSSR count). The molecule has 2 heteroatoms. The molecule has 2 fully saturated rings. The summed E-state index contributed by atoms with van der Waals surface area (Å²) in [5.41, 5.74) is 15.8. The number of carbonyl (C=O) groups is 1. The molecular weight excluding hydrogens is 811 g/mol. The zero-order valence-electron chi connectivity index (χ0n) is 42.7. The molecule has 0 saturated heterocycles. The lowest BCUT2D eigenvalue weighted by Crippen LogP contribution is -2.48. The highest BCUT2D eigenvalue weighted by atomic mass is 16.1. The standard InChI is InChI=1S/C65H83NO/c1-7-11-15-24-40-62(41-25-16-12-8-2)54-31-21-19-29-50(54)52-37-34-48(45-57(52)62)35-39-56-61(64-44-28-23-33-59(64)65(56,66(5)6)47-60(64)67)49-36-38-53-51-30-20-22-32-55(51)63(58(53)46-49,42-26-17-13-9-3)43-27-18-14-10-4/h19-22,29-32,34,36-38,45-46,59H,7-18,23-28,33,40-44,47H2,1-6H3/t59-,64-,65-/m1/s1. The minimum Gasteiger partial charge on any atom is -0.299 e. The monoisotopic (exact) mass is 894 g/mol.